The first-order chi connectivity index (χ1) is 11.6. The van der Waals surface area contributed by atoms with Crippen LogP contribution in [-0.2, 0) is 6.54 Å². The molecular weight excluding hydrogens is 307 g/mol. The Hall–Kier alpha value is -2.63. The van der Waals surface area contributed by atoms with Crippen molar-refractivity contribution in [1.29, 1.82) is 0 Å². The molecule has 0 bridgehead atoms. The zero-order valence-electron chi connectivity index (χ0n) is 14.2. The van der Waals surface area contributed by atoms with Crippen molar-refractivity contribution >= 4 is 5.96 Å². The molecule has 0 amide bonds. The molecule has 128 valence electrons. The highest BCUT2D eigenvalue weighted by Crippen LogP contribution is 2.20. The first-order valence-electron chi connectivity index (χ1n) is 8.00. The maximum Gasteiger partial charge on any atom is 0.219 e. The molecule has 0 atom stereocenters. The summed E-state index contributed by atoms with van der Waals surface area (Å²) in [4.78, 5) is 8.72. The maximum absolute atomic E-state index is 12.9. The van der Waals surface area contributed by atoms with Gasteiger partial charge in [0.05, 0.1) is 6.54 Å². The van der Waals surface area contributed by atoms with Gasteiger partial charge >= 0.3 is 0 Å². The summed E-state index contributed by atoms with van der Waals surface area (Å²) in [6.45, 7) is 7.46. The summed E-state index contributed by atoms with van der Waals surface area (Å²) in [5.74, 6) is 1.47. The van der Waals surface area contributed by atoms with Crippen LogP contribution in [0.5, 0.6) is 11.6 Å². The molecule has 0 fully saturated rings. The van der Waals surface area contributed by atoms with E-state index in [9.17, 15) is 4.39 Å². The van der Waals surface area contributed by atoms with E-state index in [0.29, 0.717) is 24.2 Å². The molecule has 2 rings (SSSR count). The van der Waals surface area contributed by atoms with Gasteiger partial charge in [0.1, 0.15) is 11.6 Å². The molecule has 0 spiro atoms. The number of rotatable bonds is 6. The van der Waals surface area contributed by atoms with Crippen molar-refractivity contribution in [3.63, 3.8) is 0 Å². The topological polar surface area (TPSA) is 58.5 Å². The highest BCUT2D eigenvalue weighted by atomic mass is 19.1. The lowest BCUT2D eigenvalue weighted by atomic mass is 10.2. The van der Waals surface area contributed by atoms with Crippen LogP contribution < -0.4 is 15.4 Å². The van der Waals surface area contributed by atoms with Crippen molar-refractivity contribution in [3.8, 4) is 11.6 Å². The van der Waals surface area contributed by atoms with E-state index in [0.717, 1.165) is 18.1 Å². The normalized spacial score (nSPS) is 11.5. The van der Waals surface area contributed by atoms with Crippen LogP contribution in [0.3, 0.4) is 0 Å². The molecule has 2 aromatic rings. The Bertz CT molecular complexity index is 671. The molecule has 0 aliphatic heterocycles. The Labute approximate surface area is 142 Å². The number of benzene rings is 1. The van der Waals surface area contributed by atoms with Crippen LogP contribution in [-0.4, -0.2) is 23.5 Å². The fourth-order valence-corrected chi connectivity index (χ4v) is 1.99. The van der Waals surface area contributed by atoms with E-state index in [4.69, 9.17) is 4.74 Å². The van der Waals surface area contributed by atoms with Gasteiger partial charge in [-0.1, -0.05) is 0 Å². The monoisotopic (exact) mass is 330 g/mol. The van der Waals surface area contributed by atoms with Crippen LogP contribution in [0.1, 0.15) is 26.3 Å². The number of aromatic nitrogens is 1. The molecule has 0 aliphatic rings. The van der Waals surface area contributed by atoms with Crippen molar-refractivity contribution in [2.45, 2.75) is 33.4 Å². The number of ether oxygens (including phenoxy) is 1. The minimum absolute atomic E-state index is 0.299. The highest BCUT2D eigenvalue weighted by Gasteiger charge is 2.03. The average molecular weight is 330 g/mol. The molecule has 0 unspecified atom stereocenters. The summed E-state index contributed by atoms with van der Waals surface area (Å²) >= 11 is 0. The smallest absolute Gasteiger partial charge is 0.219 e. The van der Waals surface area contributed by atoms with Gasteiger partial charge in [0.2, 0.25) is 5.88 Å². The molecule has 0 saturated carbocycles. The molecule has 2 N–H and O–H groups in total. The van der Waals surface area contributed by atoms with Crippen molar-refractivity contribution in [2.75, 3.05) is 6.54 Å². The van der Waals surface area contributed by atoms with E-state index in [1.54, 1.807) is 18.3 Å². The molecule has 1 aromatic carbocycles. The summed E-state index contributed by atoms with van der Waals surface area (Å²) in [7, 11) is 0. The van der Waals surface area contributed by atoms with E-state index in [2.05, 4.69) is 34.5 Å². The number of hydrogen-bond acceptors (Lipinski definition) is 3. The van der Waals surface area contributed by atoms with Crippen molar-refractivity contribution in [2.24, 2.45) is 4.99 Å². The Balaban J connectivity index is 2.04. The molecule has 1 aromatic heterocycles. The minimum Gasteiger partial charge on any atom is -0.439 e. The van der Waals surface area contributed by atoms with Gasteiger partial charge < -0.3 is 15.4 Å². The van der Waals surface area contributed by atoms with Gasteiger partial charge in [0, 0.05) is 24.8 Å². The fraction of sp³-hybridized carbons (Fsp3) is 0.333. The number of hydrogen-bond donors (Lipinski definition) is 2. The average Bonchev–Trinajstić information content (AvgIpc) is 2.55. The predicted octanol–water partition coefficient (Wildman–Crippen LogP) is 3.48. The largest absolute Gasteiger partial charge is 0.439 e. The Morgan fingerprint density at radius 3 is 2.67 bits per heavy atom. The van der Waals surface area contributed by atoms with Gasteiger partial charge in [-0.15, -0.1) is 0 Å². The van der Waals surface area contributed by atoms with E-state index in [-0.39, 0.29) is 5.82 Å². The maximum atomic E-state index is 12.9. The van der Waals surface area contributed by atoms with E-state index >= 15 is 0 Å². The van der Waals surface area contributed by atoms with E-state index < -0.39 is 0 Å². The molecule has 24 heavy (non-hydrogen) atoms. The second-order valence-corrected chi connectivity index (χ2v) is 5.55. The lowest BCUT2D eigenvalue weighted by molar-refractivity contribution is 0.460. The van der Waals surface area contributed by atoms with E-state index in [1.807, 2.05) is 19.1 Å². The Morgan fingerprint density at radius 2 is 2.00 bits per heavy atom. The SMILES string of the molecule is CCNC(=NCc1ccnc(Oc2ccc(F)cc2)c1)NC(C)C. The third kappa shape index (κ3) is 5.87. The van der Waals surface area contributed by atoms with Crippen LogP contribution in [0.4, 0.5) is 4.39 Å². The van der Waals surface area contributed by atoms with Crippen molar-refractivity contribution in [1.82, 2.24) is 15.6 Å². The standard InChI is InChI=1S/C18H23FN4O/c1-4-20-18(23-13(2)3)22-12-14-9-10-21-17(11-14)24-16-7-5-15(19)6-8-16/h5-11,13H,4,12H2,1-3H3,(H2,20,22,23). The molecule has 0 radical (unpaired) electrons. The first-order valence-corrected chi connectivity index (χ1v) is 8.00. The van der Waals surface area contributed by atoms with Gasteiger partial charge in [-0.3, -0.25) is 0 Å². The number of pyridine rings is 1. The number of nitrogens with zero attached hydrogens (tertiary/aromatic N) is 2. The zero-order valence-corrected chi connectivity index (χ0v) is 14.2. The van der Waals surface area contributed by atoms with Crippen LogP contribution >= 0.6 is 0 Å². The Morgan fingerprint density at radius 1 is 1.25 bits per heavy atom. The molecule has 5 nitrogen and oxygen atoms in total. The number of halogens is 1. The molecule has 6 heteroatoms. The third-order valence-electron chi connectivity index (χ3n) is 3.02. The summed E-state index contributed by atoms with van der Waals surface area (Å²) in [5.41, 5.74) is 0.975. The quantitative estimate of drug-likeness (QED) is 0.629. The lowest BCUT2D eigenvalue weighted by Crippen LogP contribution is -2.40. The fourth-order valence-electron chi connectivity index (χ4n) is 1.99. The van der Waals surface area contributed by atoms with Gasteiger partial charge in [-0.2, -0.15) is 0 Å². The third-order valence-corrected chi connectivity index (χ3v) is 3.02. The lowest BCUT2D eigenvalue weighted by Gasteiger charge is -2.14. The number of aliphatic imine (C=N–C) groups is 1. The second kappa shape index (κ2) is 8.86. The van der Waals surface area contributed by atoms with E-state index in [1.165, 1.54) is 12.1 Å². The molecule has 0 saturated heterocycles. The van der Waals surface area contributed by atoms with Crippen molar-refractivity contribution in [3.05, 3.63) is 54.0 Å². The summed E-state index contributed by atoms with van der Waals surface area (Å²) in [6.07, 6.45) is 1.67. The second-order valence-electron chi connectivity index (χ2n) is 5.55. The van der Waals surface area contributed by atoms with Crippen molar-refractivity contribution < 1.29 is 9.13 Å². The molecular formula is C18H23FN4O. The minimum atomic E-state index is -0.299. The summed E-state index contributed by atoms with van der Waals surface area (Å²) < 4.78 is 18.6. The first kappa shape index (κ1) is 17.7. The summed E-state index contributed by atoms with van der Waals surface area (Å²) in [6, 6.07) is 9.85. The van der Waals surface area contributed by atoms with Gasteiger partial charge in [0.25, 0.3) is 0 Å². The van der Waals surface area contributed by atoms with Crippen LogP contribution in [0.25, 0.3) is 0 Å². The van der Waals surface area contributed by atoms with Crippen LogP contribution in [0, 0.1) is 5.82 Å². The number of nitrogens with one attached hydrogen (secondary N) is 2. The molecule has 1 heterocycles. The Kier molecular flexibility index (Phi) is 6.54. The van der Waals surface area contributed by atoms with Gasteiger partial charge in [0.15, 0.2) is 5.96 Å². The summed E-state index contributed by atoms with van der Waals surface area (Å²) in [5, 5.41) is 6.47. The molecule has 0 aliphatic carbocycles. The zero-order chi connectivity index (χ0) is 17.4. The van der Waals surface area contributed by atoms with Gasteiger partial charge in [-0.25, -0.2) is 14.4 Å². The van der Waals surface area contributed by atoms with Crippen LogP contribution in [0.15, 0.2) is 47.6 Å². The van der Waals surface area contributed by atoms with Gasteiger partial charge in [-0.05, 0) is 56.7 Å². The highest BCUT2D eigenvalue weighted by molar-refractivity contribution is 5.79. The number of guanidine groups is 1. The predicted molar refractivity (Wildman–Crippen MR) is 93.8 cm³/mol. The van der Waals surface area contributed by atoms with Crippen LogP contribution in [0.2, 0.25) is 0 Å².